The summed E-state index contributed by atoms with van der Waals surface area (Å²) >= 11 is 0. The van der Waals surface area contributed by atoms with Crippen LogP contribution in [0.3, 0.4) is 0 Å². The number of allylic oxidation sites excluding steroid dienone is 1. The number of ether oxygens (including phenoxy) is 1. The SMILES string of the molecule is N#CC(=CNc1cc(F)ccc1OCC(F)(F)F)c1nn[nH]n1. The molecule has 0 radical (unpaired) electrons. The lowest BCUT2D eigenvalue weighted by atomic mass is 10.2. The third kappa shape index (κ3) is 4.67. The monoisotopic (exact) mass is 328 g/mol. The minimum atomic E-state index is -4.54. The molecule has 1 aromatic carbocycles. The summed E-state index contributed by atoms with van der Waals surface area (Å²) in [6.07, 6.45) is -3.44. The van der Waals surface area contributed by atoms with E-state index >= 15 is 0 Å². The fraction of sp³-hybridized carbons (Fsp3) is 0.167. The van der Waals surface area contributed by atoms with E-state index in [0.29, 0.717) is 0 Å². The number of aromatic amines is 1. The predicted molar refractivity (Wildman–Crippen MR) is 69.3 cm³/mol. The fourth-order valence-corrected chi connectivity index (χ4v) is 1.47. The lowest BCUT2D eigenvalue weighted by molar-refractivity contribution is -0.153. The van der Waals surface area contributed by atoms with E-state index in [1.165, 1.54) is 0 Å². The Hall–Kier alpha value is -3.16. The highest BCUT2D eigenvalue weighted by Crippen LogP contribution is 2.28. The first kappa shape index (κ1) is 16.2. The number of halogens is 4. The molecule has 23 heavy (non-hydrogen) atoms. The van der Waals surface area contributed by atoms with Gasteiger partial charge in [-0.25, -0.2) is 4.39 Å². The van der Waals surface area contributed by atoms with Gasteiger partial charge < -0.3 is 10.1 Å². The van der Waals surface area contributed by atoms with Crippen molar-refractivity contribution < 1.29 is 22.3 Å². The molecule has 120 valence electrons. The number of tetrazole rings is 1. The van der Waals surface area contributed by atoms with Gasteiger partial charge in [-0.2, -0.15) is 23.6 Å². The lowest BCUT2D eigenvalue weighted by Gasteiger charge is -2.13. The first-order chi connectivity index (χ1) is 10.9. The summed E-state index contributed by atoms with van der Waals surface area (Å²) in [5.74, 6) is -0.960. The van der Waals surface area contributed by atoms with Crippen molar-refractivity contribution in [2.45, 2.75) is 6.18 Å². The van der Waals surface area contributed by atoms with Crippen molar-refractivity contribution >= 4 is 11.3 Å². The minimum absolute atomic E-state index is 0.0332. The summed E-state index contributed by atoms with van der Waals surface area (Å²) in [7, 11) is 0. The molecule has 0 aliphatic rings. The maximum atomic E-state index is 13.3. The van der Waals surface area contributed by atoms with E-state index in [4.69, 9.17) is 5.26 Å². The molecule has 0 unspecified atom stereocenters. The Morgan fingerprint density at radius 3 is 2.83 bits per heavy atom. The number of hydrogen-bond acceptors (Lipinski definition) is 6. The van der Waals surface area contributed by atoms with Gasteiger partial charge in [0.15, 0.2) is 6.61 Å². The summed E-state index contributed by atoms with van der Waals surface area (Å²) in [4.78, 5) is 0. The van der Waals surface area contributed by atoms with Gasteiger partial charge in [0.2, 0.25) is 5.82 Å². The number of benzene rings is 1. The van der Waals surface area contributed by atoms with Crippen molar-refractivity contribution in [2.75, 3.05) is 11.9 Å². The maximum Gasteiger partial charge on any atom is 0.422 e. The maximum absolute atomic E-state index is 13.3. The number of aromatic nitrogens is 4. The van der Waals surface area contributed by atoms with E-state index in [2.05, 4.69) is 30.7 Å². The Balaban J connectivity index is 2.21. The van der Waals surface area contributed by atoms with Crippen molar-refractivity contribution in [1.82, 2.24) is 20.6 Å². The van der Waals surface area contributed by atoms with E-state index in [1.807, 2.05) is 0 Å². The smallest absolute Gasteiger partial charge is 0.422 e. The van der Waals surface area contributed by atoms with Gasteiger partial charge in [-0.3, -0.25) is 0 Å². The molecule has 0 saturated heterocycles. The number of nitriles is 1. The third-order valence-electron chi connectivity index (χ3n) is 2.41. The highest BCUT2D eigenvalue weighted by atomic mass is 19.4. The van der Waals surface area contributed by atoms with Gasteiger partial charge in [0.25, 0.3) is 0 Å². The average Bonchev–Trinajstić information content (AvgIpc) is 3.00. The zero-order chi connectivity index (χ0) is 16.9. The highest BCUT2D eigenvalue weighted by Gasteiger charge is 2.28. The second-order valence-corrected chi connectivity index (χ2v) is 4.09. The minimum Gasteiger partial charge on any atom is -0.482 e. The molecule has 1 heterocycles. The molecule has 1 aromatic heterocycles. The molecule has 0 amide bonds. The Bertz CT molecular complexity index is 735. The molecule has 0 bridgehead atoms. The Morgan fingerprint density at radius 1 is 1.43 bits per heavy atom. The van der Waals surface area contributed by atoms with E-state index < -0.39 is 18.6 Å². The first-order valence-corrected chi connectivity index (χ1v) is 5.99. The number of hydrogen-bond donors (Lipinski definition) is 2. The molecule has 0 spiro atoms. The van der Waals surface area contributed by atoms with E-state index in [9.17, 15) is 17.6 Å². The van der Waals surface area contributed by atoms with Gasteiger partial charge in [0.05, 0.1) is 5.69 Å². The summed E-state index contributed by atoms with van der Waals surface area (Å²) in [6.45, 7) is -1.53. The van der Waals surface area contributed by atoms with E-state index in [0.717, 1.165) is 24.4 Å². The van der Waals surface area contributed by atoms with Gasteiger partial charge in [-0.05, 0) is 17.3 Å². The van der Waals surface area contributed by atoms with Crippen LogP contribution in [0, 0.1) is 17.1 Å². The Labute approximate surface area is 126 Å². The molecular formula is C12H8F4N6O. The van der Waals surface area contributed by atoms with Crippen LogP contribution in [0.2, 0.25) is 0 Å². The number of anilines is 1. The number of H-pyrrole nitrogens is 1. The summed E-state index contributed by atoms with van der Waals surface area (Å²) in [5, 5.41) is 24.0. The van der Waals surface area contributed by atoms with Crippen molar-refractivity contribution in [3.63, 3.8) is 0 Å². The number of rotatable bonds is 5. The topological polar surface area (TPSA) is 99.5 Å². The van der Waals surface area contributed by atoms with Crippen molar-refractivity contribution in [1.29, 1.82) is 5.26 Å². The number of nitrogens with one attached hydrogen (secondary N) is 2. The van der Waals surface area contributed by atoms with Crippen molar-refractivity contribution in [2.24, 2.45) is 0 Å². The zero-order valence-corrected chi connectivity index (χ0v) is 11.2. The molecule has 2 N–H and O–H groups in total. The quantitative estimate of drug-likeness (QED) is 0.645. The standard InChI is InChI=1S/C12H8F4N6O/c13-8-1-2-10(23-6-12(14,15)16)9(3-8)18-5-7(4-17)11-19-21-22-20-11/h1-3,5,18H,6H2,(H,19,20,21,22). The van der Waals surface area contributed by atoms with Crippen LogP contribution in [0.5, 0.6) is 5.75 Å². The average molecular weight is 328 g/mol. The molecular weight excluding hydrogens is 320 g/mol. The molecule has 7 nitrogen and oxygen atoms in total. The van der Waals surface area contributed by atoms with E-state index in [-0.39, 0.29) is 22.8 Å². The summed E-state index contributed by atoms with van der Waals surface area (Å²) in [6, 6.07) is 4.68. The third-order valence-corrected chi connectivity index (χ3v) is 2.41. The highest BCUT2D eigenvalue weighted by molar-refractivity contribution is 5.74. The number of alkyl halides is 3. The van der Waals surface area contributed by atoms with Crippen LogP contribution in [0.4, 0.5) is 23.2 Å². The second-order valence-electron chi connectivity index (χ2n) is 4.09. The van der Waals surface area contributed by atoms with Crippen LogP contribution in [-0.4, -0.2) is 33.4 Å². The fourth-order valence-electron chi connectivity index (χ4n) is 1.47. The van der Waals surface area contributed by atoms with Crippen LogP contribution in [0.1, 0.15) is 5.82 Å². The summed E-state index contributed by atoms with van der Waals surface area (Å²) in [5.41, 5.74) is -0.157. The van der Waals surface area contributed by atoms with Crippen LogP contribution < -0.4 is 10.1 Å². The largest absolute Gasteiger partial charge is 0.482 e. The Kier molecular flexibility index (Phi) is 4.75. The number of nitrogens with zero attached hydrogens (tertiary/aromatic N) is 4. The van der Waals surface area contributed by atoms with Gasteiger partial charge in [-0.1, -0.05) is 0 Å². The van der Waals surface area contributed by atoms with Crippen molar-refractivity contribution in [3.8, 4) is 11.8 Å². The van der Waals surface area contributed by atoms with Crippen LogP contribution in [-0.2, 0) is 0 Å². The van der Waals surface area contributed by atoms with E-state index in [1.54, 1.807) is 6.07 Å². The van der Waals surface area contributed by atoms with Gasteiger partial charge in [-0.15, -0.1) is 10.2 Å². The molecule has 0 aliphatic heterocycles. The molecule has 2 aromatic rings. The zero-order valence-electron chi connectivity index (χ0n) is 11.2. The van der Waals surface area contributed by atoms with Gasteiger partial charge >= 0.3 is 6.18 Å². The first-order valence-electron chi connectivity index (χ1n) is 5.99. The van der Waals surface area contributed by atoms with Crippen LogP contribution >= 0.6 is 0 Å². The van der Waals surface area contributed by atoms with Crippen molar-refractivity contribution in [3.05, 3.63) is 36.0 Å². The predicted octanol–water partition coefficient (Wildman–Crippen LogP) is 2.26. The Morgan fingerprint density at radius 2 is 2.22 bits per heavy atom. The summed E-state index contributed by atoms with van der Waals surface area (Å²) < 4.78 is 54.5. The second kappa shape index (κ2) is 6.73. The molecule has 2 rings (SSSR count). The normalized spacial score (nSPS) is 11.9. The lowest BCUT2D eigenvalue weighted by Crippen LogP contribution is -2.19. The van der Waals surface area contributed by atoms with Crippen LogP contribution in [0.15, 0.2) is 24.4 Å². The molecule has 0 fully saturated rings. The van der Waals surface area contributed by atoms with Crippen LogP contribution in [0.25, 0.3) is 5.57 Å². The molecule has 0 aliphatic carbocycles. The molecule has 0 atom stereocenters. The molecule has 0 saturated carbocycles. The van der Waals surface area contributed by atoms with Gasteiger partial charge in [0.1, 0.15) is 23.2 Å². The molecule has 11 heteroatoms. The van der Waals surface area contributed by atoms with Gasteiger partial charge in [0, 0.05) is 12.3 Å².